The van der Waals surface area contributed by atoms with Crippen LogP contribution in [-0.2, 0) is 0 Å². The maximum Gasteiger partial charge on any atom is 0.0827 e. The van der Waals surface area contributed by atoms with Crippen LogP contribution in [0.4, 0.5) is 5.69 Å². The van der Waals surface area contributed by atoms with Crippen molar-refractivity contribution in [1.82, 2.24) is 4.90 Å². The third-order valence-electron chi connectivity index (χ3n) is 3.84. The van der Waals surface area contributed by atoms with Gasteiger partial charge in [-0.05, 0) is 39.0 Å². The Morgan fingerprint density at radius 2 is 2.16 bits per heavy atom. The molecular weight excluding hydrogens is 236 g/mol. The number of allylic oxidation sites excluding steroid dienone is 1. The van der Waals surface area contributed by atoms with E-state index in [0.717, 1.165) is 42.5 Å². The van der Waals surface area contributed by atoms with Gasteiger partial charge in [-0.15, -0.1) is 0 Å². The van der Waals surface area contributed by atoms with E-state index in [-0.39, 0.29) is 0 Å². The van der Waals surface area contributed by atoms with Crippen LogP contribution in [0.3, 0.4) is 0 Å². The Morgan fingerprint density at radius 3 is 2.84 bits per heavy atom. The molecular formula is C16H22N2O. The maximum absolute atomic E-state index is 9.18. The number of hydrogen-bond acceptors (Lipinski definition) is 3. The van der Waals surface area contributed by atoms with Gasteiger partial charge >= 0.3 is 0 Å². The molecule has 1 aromatic rings. The van der Waals surface area contributed by atoms with Gasteiger partial charge in [0, 0.05) is 30.3 Å². The molecule has 1 aromatic carbocycles. The molecule has 1 fully saturated rings. The zero-order chi connectivity index (χ0) is 13.8. The van der Waals surface area contributed by atoms with Crippen molar-refractivity contribution < 1.29 is 5.11 Å². The number of hydrogen-bond donors (Lipinski definition) is 1. The molecule has 1 N–H and O–H groups in total. The molecule has 0 bridgehead atoms. The van der Waals surface area contributed by atoms with Crippen LogP contribution >= 0.6 is 0 Å². The van der Waals surface area contributed by atoms with Crippen LogP contribution in [0.2, 0.25) is 0 Å². The molecule has 0 radical (unpaired) electrons. The topological polar surface area (TPSA) is 35.8 Å². The van der Waals surface area contributed by atoms with Gasteiger partial charge in [0.1, 0.15) is 0 Å². The second-order valence-corrected chi connectivity index (χ2v) is 5.29. The Hall–Kier alpha value is -1.61. The summed E-state index contributed by atoms with van der Waals surface area (Å²) in [5.74, 6) is 0. The zero-order valence-corrected chi connectivity index (χ0v) is 11.9. The predicted molar refractivity (Wildman–Crippen MR) is 81.1 cm³/mol. The van der Waals surface area contributed by atoms with Gasteiger partial charge < -0.3 is 10.0 Å². The highest BCUT2D eigenvalue weighted by atomic mass is 16.2. The largest absolute Gasteiger partial charge is 0.515 e. The molecule has 0 spiro atoms. The quantitative estimate of drug-likeness (QED) is 0.819. The average molecular weight is 258 g/mol. The minimum absolute atomic E-state index is 0.550. The highest BCUT2D eigenvalue weighted by molar-refractivity contribution is 5.89. The molecule has 0 aliphatic carbocycles. The van der Waals surface area contributed by atoms with Crippen LogP contribution in [-0.4, -0.2) is 35.4 Å². The van der Waals surface area contributed by atoms with Gasteiger partial charge in [0.25, 0.3) is 0 Å². The van der Waals surface area contributed by atoms with Crippen LogP contribution in [0.25, 0.3) is 5.57 Å². The fourth-order valence-corrected chi connectivity index (χ4v) is 2.37. The van der Waals surface area contributed by atoms with Crippen molar-refractivity contribution in [3.05, 3.63) is 36.1 Å². The van der Waals surface area contributed by atoms with Crippen molar-refractivity contribution in [1.29, 1.82) is 0 Å². The molecule has 19 heavy (non-hydrogen) atoms. The fraction of sp³-hybridized carbons (Fsp3) is 0.438. The van der Waals surface area contributed by atoms with Gasteiger partial charge in [0.15, 0.2) is 0 Å². The van der Waals surface area contributed by atoms with Crippen LogP contribution < -0.4 is 0 Å². The summed E-state index contributed by atoms with van der Waals surface area (Å²) in [6, 6.07) is 8.53. The molecule has 3 nitrogen and oxygen atoms in total. The number of para-hydroxylation sites is 1. The summed E-state index contributed by atoms with van der Waals surface area (Å²) in [6.07, 6.45) is 3.19. The van der Waals surface area contributed by atoms with E-state index in [1.807, 2.05) is 31.2 Å². The van der Waals surface area contributed by atoms with E-state index in [1.165, 1.54) is 5.71 Å². The number of aliphatic hydroxyl groups is 1. The first-order chi connectivity index (χ1) is 9.11. The molecule has 1 aliphatic rings. The van der Waals surface area contributed by atoms with E-state index >= 15 is 0 Å². The summed E-state index contributed by atoms with van der Waals surface area (Å²) in [5, 5.41) is 9.18. The van der Waals surface area contributed by atoms with E-state index in [0.29, 0.717) is 6.04 Å². The highest BCUT2D eigenvalue weighted by Gasteiger charge is 2.19. The van der Waals surface area contributed by atoms with E-state index in [4.69, 9.17) is 4.99 Å². The number of rotatable bonds is 2. The monoisotopic (exact) mass is 258 g/mol. The molecule has 1 unspecified atom stereocenters. The van der Waals surface area contributed by atoms with E-state index < -0.39 is 0 Å². The zero-order valence-electron chi connectivity index (χ0n) is 11.9. The SMILES string of the molecule is C/C(=C/O)c1ccccc1N=C1CCN(C)C(C)C1. The number of likely N-dealkylation sites (tertiary alicyclic amines) is 1. The number of piperidine rings is 1. The van der Waals surface area contributed by atoms with Crippen LogP contribution in [0, 0.1) is 0 Å². The lowest BCUT2D eigenvalue weighted by molar-refractivity contribution is 0.253. The lowest BCUT2D eigenvalue weighted by Crippen LogP contribution is -2.37. The molecule has 1 atom stereocenters. The Morgan fingerprint density at radius 1 is 1.42 bits per heavy atom. The number of aliphatic imine (C=N–C) groups is 1. The summed E-state index contributed by atoms with van der Waals surface area (Å²) in [6.45, 7) is 5.20. The molecule has 0 saturated carbocycles. The minimum Gasteiger partial charge on any atom is -0.515 e. The van der Waals surface area contributed by atoms with Crippen molar-refractivity contribution in [3.63, 3.8) is 0 Å². The van der Waals surface area contributed by atoms with Gasteiger partial charge in [-0.3, -0.25) is 4.99 Å². The first-order valence-electron chi connectivity index (χ1n) is 6.79. The van der Waals surface area contributed by atoms with Crippen molar-refractivity contribution in [2.45, 2.75) is 32.7 Å². The van der Waals surface area contributed by atoms with Gasteiger partial charge in [0.05, 0.1) is 11.9 Å². The fourth-order valence-electron chi connectivity index (χ4n) is 2.37. The van der Waals surface area contributed by atoms with Crippen molar-refractivity contribution >= 4 is 17.0 Å². The molecule has 1 saturated heterocycles. The smallest absolute Gasteiger partial charge is 0.0827 e. The van der Waals surface area contributed by atoms with Gasteiger partial charge in [-0.2, -0.15) is 0 Å². The number of nitrogens with zero attached hydrogens (tertiary/aromatic N) is 2. The van der Waals surface area contributed by atoms with Crippen LogP contribution in [0.5, 0.6) is 0 Å². The molecule has 102 valence electrons. The second-order valence-electron chi connectivity index (χ2n) is 5.29. The molecule has 1 heterocycles. The Labute approximate surface area is 115 Å². The van der Waals surface area contributed by atoms with Gasteiger partial charge in [-0.25, -0.2) is 0 Å². The minimum atomic E-state index is 0.550. The van der Waals surface area contributed by atoms with Crippen LogP contribution in [0.1, 0.15) is 32.3 Å². The van der Waals surface area contributed by atoms with Crippen molar-refractivity contribution in [2.24, 2.45) is 4.99 Å². The summed E-state index contributed by atoms with van der Waals surface area (Å²) < 4.78 is 0. The van der Waals surface area contributed by atoms with Crippen molar-refractivity contribution in [2.75, 3.05) is 13.6 Å². The van der Waals surface area contributed by atoms with Crippen molar-refractivity contribution in [3.8, 4) is 0 Å². The highest BCUT2D eigenvalue weighted by Crippen LogP contribution is 2.27. The maximum atomic E-state index is 9.18. The first-order valence-corrected chi connectivity index (χ1v) is 6.79. The Bertz CT molecular complexity index is 505. The third-order valence-corrected chi connectivity index (χ3v) is 3.84. The molecule has 3 heteroatoms. The summed E-state index contributed by atoms with van der Waals surface area (Å²) in [5.41, 5.74) is 4.06. The number of aliphatic hydroxyl groups excluding tert-OH is 1. The summed E-state index contributed by atoms with van der Waals surface area (Å²) >= 11 is 0. The standard InChI is InChI=1S/C16H22N2O/c1-12(11-19)15-6-4-5-7-16(15)17-14-8-9-18(3)13(2)10-14/h4-7,11,13,19H,8-10H2,1-3H3/b12-11-,17-14?. The normalized spacial score (nSPS) is 23.8. The molecule has 0 aromatic heterocycles. The van der Waals surface area contributed by atoms with Gasteiger partial charge in [0.2, 0.25) is 0 Å². The Kier molecular flexibility index (Phi) is 4.38. The van der Waals surface area contributed by atoms with Gasteiger partial charge in [-0.1, -0.05) is 18.2 Å². The van der Waals surface area contributed by atoms with Crippen LogP contribution in [0.15, 0.2) is 35.5 Å². The second kappa shape index (κ2) is 6.02. The first kappa shape index (κ1) is 13.8. The molecule has 0 amide bonds. The number of benzene rings is 1. The lowest BCUT2D eigenvalue weighted by atomic mass is 10.0. The average Bonchev–Trinajstić information content (AvgIpc) is 2.43. The third kappa shape index (κ3) is 3.24. The molecule has 1 aliphatic heterocycles. The van der Waals surface area contributed by atoms with E-state index in [2.05, 4.69) is 18.9 Å². The summed E-state index contributed by atoms with van der Waals surface area (Å²) in [4.78, 5) is 7.17. The van der Waals surface area contributed by atoms with E-state index in [9.17, 15) is 5.11 Å². The Balaban J connectivity index is 2.28. The summed E-state index contributed by atoms with van der Waals surface area (Å²) in [7, 11) is 2.16. The predicted octanol–water partition coefficient (Wildman–Crippen LogP) is 3.79. The van der Waals surface area contributed by atoms with E-state index in [1.54, 1.807) is 0 Å². The molecule has 2 rings (SSSR count). The lowest BCUT2D eigenvalue weighted by Gasteiger charge is -2.30.